The minimum absolute atomic E-state index is 0.446. The highest BCUT2D eigenvalue weighted by molar-refractivity contribution is 5.23. The highest BCUT2D eigenvalue weighted by Crippen LogP contribution is 2.20. The molecule has 3 rings (SSSR count). The van der Waals surface area contributed by atoms with E-state index < -0.39 is 0 Å². The largest absolute Gasteiger partial charge is 0.376 e. The Kier molecular flexibility index (Phi) is 4.68. The van der Waals surface area contributed by atoms with Gasteiger partial charge in [-0.3, -0.25) is 0 Å². The minimum Gasteiger partial charge on any atom is -0.376 e. The van der Waals surface area contributed by atoms with E-state index in [4.69, 9.17) is 9.26 Å². The van der Waals surface area contributed by atoms with E-state index in [0.29, 0.717) is 12.6 Å². The molecular weight excluding hydrogens is 264 g/mol. The summed E-state index contributed by atoms with van der Waals surface area (Å²) in [5, 5.41) is 7.70. The van der Waals surface area contributed by atoms with E-state index in [9.17, 15) is 0 Å². The molecule has 0 spiro atoms. The fraction of sp³-hybridized carbons (Fsp3) is 0.471. The van der Waals surface area contributed by atoms with E-state index in [1.165, 1.54) is 5.56 Å². The van der Waals surface area contributed by atoms with Gasteiger partial charge < -0.3 is 14.6 Å². The Morgan fingerprint density at radius 2 is 2.14 bits per heavy atom. The van der Waals surface area contributed by atoms with Gasteiger partial charge in [-0.15, -0.1) is 0 Å². The van der Waals surface area contributed by atoms with E-state index >= 15 is 0 Å². The van der Waals surface area contributed by atoms with E-state index in [-0.39, 0.29) is 0 Å². The first-order chi connectivity index (χ1) is 10.3. The summed E-state index contributed by atoms with van der Waals surface area (Å²) in [6.07, 6.45) is 3.04. The molecule has 0 bridgehead atoms. The van der Waals surface area contributed by atoms with Crippen molar-refractivity contribution in [1.82, 2.24) is 10.5 Å². The van der Waals surface area contributed by atoms with Crippen molar-refractivity contribution in [3.8, 4) is 0 Å². The quantitative estimate of drug-likeness (QED) is 0.887. The summed E-state index contributed by atoms with van der Waals surface area (Å²) >= 11 is 0. The van der Waals surface area contributed by atoms with Crippen molar-refractivity contribution in [2.45, 2.75) is 45.4 Å². The lowest BCUT2D eigenvalue weighted by Crippen LogP contribution is -2.26. The molecule has 21 heavy (non-hydrogen) atoms. The predicted octanol–water partition coefficient (Wildman–Crippen LogP) is 2.86. The summed E-state index contributed by atoms with van der Waals surface area (Å²) in [4.78, 5) is 0. The lowest BCUT2D eigenvalue weighted by Gasteiger charge is -2.14. The molecule has 1 unspecified atom stereocenters. The summed E-state index contributed by atoms with van der Waals surface area (Å²) in [5.74, 6) is 0.995. The summed E-state index contributed by atoms with van der Waals surface area (Å²) in [6.45, 7) is 4.33. The van der Waals surface area contributed by atoms with Gasteiger partial charge >= 0.3 is 0 Å². The van der Waals surface area contributed by atoms with Gasteiger partial charge in [0, 0.05) is 24.6 Å². The molecule has 1 aliphatic rings. The number of aromatic nitrogens is 1. The molecule has 0 aliphatic carbocycles. The van der Waals surface area contributed by atoms with Gasteiger partial charge in [0.15, 0.2) is 0 Å². The van der Waals surface area contributed by atoms with Crippen LogP contribution in [0.15, 0.2) is 34.9 Å². The fourth-order valence-corrected chi connectivity index (χ4v) is 2.62. The molecule has 1 aromatic heterocycles. The Morgan fingerprint density at radius 1 is 1.29 bits per heavy atom. The van der Waals surface area contributed by atoms with Gasteiger partial charge in [-0.1, -0.05) is 35.5 Å². The van der Waals surface area contributed by atoms with E-state index in [1.54, 1.807) is 0 Å². The number of hydrogen-bond donors (Lipinski definition) is 1. The highest BCUT2D eigenvalue weighted by atomic mass is 16.5. The van der Waals surface area contributed by atoms with Crippen LogP contribution in [0, 0.1) is 0 Å². The van der Waals surface area contributed by atoms with Gasteiger partial charge in [0.2, 0.25) is 0 Å². The number of nitrogens with zero attached hydrogens (tertiary/aromatic N) is 1. The van der Waals surface area contributed by atoms with Crippen molar-refractivity contribution in [3.63, 3.8) is 0 Å². The number of aryl methyl sites for hydroxylation is 1. The van der Waals surface area contributed by atoms with E-state index in [2.05, 4.69) is 47.7 Å². The summed E-state index contributed by atoms with van der Waals surface area (Å²) in [5.41, 5.74) is 3.53. The third-order valence-electron chi connectivity index (χ3n) is 4.00. The normalized spacial score (nSPS) is 15.7. The van der Waals surface area contributed by atoms with Gasteiger partial charge in [-0.25, -0.2) is 0 Å². The van der Waals surface area contributed by atoms with Gasteiger partial charge in [0.25, 0.3) is 0 Å². The molecule has 1 aromatic carbocycles. The second-order valence-corrected chi connectivity index (χ2v) is 5.64. The van der Waals surface area contributed by atoms with Crippen molar-refractivity contribution in [1.29, 1.82) is 0 Å². The second kappa shape index (κ2) is 6.87. The third-order valence-corrected chi connectivity index (χ3v) is 4.00. The van der Waals surface area contributed by atoms with Crippen molar-refractivity contribution in [2.75, 3.05) is 6.61 Å². The lowest BCUT2D eigenvalue weighted by atomic mass is 10.1. The van der Waals surface area contributed by atoms with Crippen LogP contribution in [0.25, 0.3) is 0 Å². The Balaban J connectivity index is 1.47. The fourth-order valence-electron chi connectivity index (χ4n) is 2.62. The zero-order chi connectivity index (χ0) is 14.5. The van der Waals surface area contributed by atoms with Crippen LogP contribution in [0.1, 0.15) is 35.9 Å². The molecule has 1 atom stereocenters. The molecule has 0 amide bonds. The number of hydrogen-bond acceptors (Lipinski definition) is 4. The molecule has 0 fully saturated rings. The van der Waals surface area contributed by atoms with Crippen molar-refractivity contribution in [2.24, 2.45) is 0 Å². The molecule has 1 N–H and O–H groups in total. The zero-order valence-electron chi connectivity index (χ0n) is 12.5. The predicted molar refractivity (Wildman–Crippen MR) is 80.9 cm³/mol. The van der Waals surface area contributed by atoms with Gasteiger partial charge in [0.1, 0.15) is 11.5 Å². The smallest absolute Gasteiger partial charge is 0.144 e. The van der Waals surface area contributed by atoms with Crippen LogP contribution < -0.4 is 5.32 Å². The van der Waals surface area contributed by atoms with E-state index in [0.717, 1.165) is 49.4 Å². The average Bonchev–Trinajstić information content (AvgIpc) is 2.95. The second-order valence-electron chi connectivity index (χ2n) is 5.64. The molecule has 0 radical (unpaired) electrons. The molecule has 0 saturated carbocycles. The Bertz CT molecular complexity index is 565. The van der Waals surface area contributed by atoms with Crippen molar-refractivity contribution >= 4 is 0 Å². The van der Waals surface area contributed by atoms with Crippen molar-refractivity contribution in [3.05, 3.63) is 52.9 Å². The van der Waals surface area contributed by atoms with Crippen molar-refractivity contribution < 1.29 is 9.26 Å². The molecule has 112 valence electrons. The first kappa shape index (κ1) is 14.3. The zero-order valence-corrected chi connectivity index (χ0v) is 12.5. The van der Waals surface area contributed by atoms with Crippen LogP contribution in [-0.4, -0.2) is 17.8 Å². The number of nitrogens with one attached hydrogen (secondary N) is 1. The molecular formula is C17H22N2O2. The first-order valence-electron chi connectivity index (χ1n) is 7.64. The molecule has 0 saturated heterocycles. The van der Waals surface area contributed by atoms with Crippen LogP contribution in [0.2, 0.25) is 0 Å². The maximum Gasteiger partial charge on any atom is 0.144 e. The number of fused-ring (bicyclic) bond motifs is 1. The molecule has 2 aromatic rings. The topological polar surface area (TPSA) is 47.3 Å². The number of rotatable bonds is 6. The standard InChI is InChI=1S/C17H22N2O2/c1-13(7-8-14-5-3-2-4-6-14)18-11-16-15-12-20-10-9-17(15)21-19-16/h2-6,13,18H,7-12H2,1H3. The van der Waals surface area contributed by atoms with Gasteiger partial charge in [0.05, 0.1) is 13.2 Å². The maximum absolute atomic E-state index is 5.48. The highest BCUT2D eigenvalue weighted by Gasteiger charge is 2.19. The third kappa shape index (κ3) is 3.71. The number of benzene rings is 1. The average molecular weight is 286 g/mol. The molecule has 4 nitrogen and oxygen atoms in total. The Hall–Kier alpha value is -1.65. The van der Waals surface area contributed by atoms with Gasteiger partial charge in [-0.05, 0) is 25.3 Å². The Labute approximate surface area is 125 Å². The molecule has 2 heterocycles. The minimum atomic E-state index is 0.446. The first-order valence-corrected chi connectivity index (χ1v) is 7.64. The summed E-state index contributed by atoms with van der Waals surface area (Å²) in [7, 11) is 0. The van der Waals surface area contributed by atoms with E-state index in [1.807, 2.05) is 0 Å². The molecule has 4 heteroatoms. The summed E-state index contributed by atoms with van der Waals surface area (Å²) in [6, 6.07) is 11.0. The Morgan fingerprint density at radius 3 is 3.00 bits per heavy atom. The van der Waals surface area contributed by atoms with Gasteiger partial charge in [-0.2, -0.15) is 0 Å². The van der Waals surface area contributed by atoms with Crippen LogP contribution in [0.3, 0.4) is 0 Å². The lowest BCUT2D eigenvalue weighted by molar-refractivity contribution is 0.102. The van der Waals surface area contributed by atoms with Crippen LogP contribution in [0.4, 0.5) is 0 Å². The maximum atomic E-state index is 5.48. The SMILES string of the molecule is CC(CCc1ccccc1)NCc1noc2c1COCC2. The van der Waals surface area contributed by atoms with Crippen LogP contribution in [0.5, 0.6) is 0 Å². The van der Waals surface area contributed by atoms with Crippen LogP contribution in [-0.2, 0) is 30.7 Å². The summed E-state index contributed by atoms with van der Waals surface area (Å²) < 4.78 is 10.9. The van der Waals surface area contributed by atoms with Crippen LogP contribution >= 0.6 is 0 Å². The number of ether oxygens (including phenoxy) is 1. The monoisotopic (exact) mass is 286 g/mol. The molecule has 1 aliphatic heterocycles.